The summed E-state index contributed by atoms with van der Waals surface area (Å²) in [6.45, 7) is 0. The molecule has 0 bridgehead atoms. The Labute approximate surface area is 107 Å². The van der Waals surface area contributed by atoms with Crippen molar-refractivity contribution < 1.29 is 9.47 Å². The fraction of sp³-hybridized carbons (Fsp3) is 0.615. The molecule has 1 heterocycles. The third-order valence-corrected chi connectivity index (χ3v) is 4.37. The van der Waals surface area contributed by atoms with Gasteiger partial charge in [0.05, 0.1) is 19.9 Å². The van der Waals surface area contributed by atoms with Crippen LogP contribution in [-0.2, 0) is 5.75 Å². The molecule has 4 heteroatoms. The van der Waals surface area contributed by atoms with Crippen molar-refractivity contribution in [1.82, 2.24) is 4.98 Å². The SMILES string of the molecule is COc1ccnc(CSCC2CCC2)c1OC. The van der Waals surface area contributed by atoms with Gasteiger partial charge < -0.3 is 9.47 Å². The van der Waals surface area contributed by atoms with Crippen LogP contribution in [0.3, 0.4) is 0 Å². The molecule has 1 saturated carbocycles. The summed E-state index contributed by atoms with van der Waals surface area (Å²) >= 11 is 1.94. The van der Waals surface area contributed by atoms with Crippen LogP contribution in [0.4, 0.5) is 0 Å². The highest BCUT2D eigenvalue weighted by atomic mass is 32.2. The van der Waals surface area contributed by atoms with E-state index < -0.39 is 0 Å². The van der Waals surface area contributed by atoms with Crippen molar-refractivity contribution in [3.63, 3.8) is 0 Å². The van der Waals surface area contributed by atoms with Gasteiger partial charge in [0.25, 0.3) is 0 Å². The van der Waals surface area contributed by atoms with Crippen LogP contribution in [0.2, 0.25) is 0 Å². The maximum absolute atomic E-state index is 5.36. The van der Waals surface area contributed by atoms with Gasteiger partial charge in [-0.3, -0.25) is 4.98 Å². The van der Waals surface area contributed by atoms with Gasteiger partial charge >= 0.3 is 0 Å². The third kappa shape index (κ3) is 3.06. The lowest BCUT2D eigenvalue weighted by Crippen LogP contribution is -2.13. The van der Waals surface area contributed by atoms with Gasteiger partial charge in [0, 0.05) is 18.0 Å². The Balaban J connectivity index is 1.93. The first-order valence-corrected chi connectivity index (χ1v) is 7.14. The predicted octanol–water partition coefficient (Wildman–Crippen LogP) is 3.13. The second kappa shape index (κ2) is 6.15. The summed E-state index contributed by atoms with van der Waals surface area (Å²) in [6.07, 6.45) is 5.98. The van der Waals surface area contributed by atoms with Crippen molar-refractivity contribution in [3.8, 4) is 11.5 Å². The lowest BCUT2D eigenvalue weighted by molar-refractivity contribution is 0.350. The lowest BCUT2D eigenvalue weighted by atomic mass is 9.87. The van der Waals surface area contributed by atoms with E-state index in [1.165, 1.54) is 25.0 Å². The first kappa shape index (κ1) is 12.6. The number of ether oxygens (including phenoxy) is 2. The molecule has 0 aromatic carbocycles. The zero-order chi connectivity index (χ0) is 12.1. The average Bonchev–Trinajstić information content (AvgIpc) is 2.31. The Bertz CT molecular complexity index is 366. The molecule has 0 unspecified atom stereocenters. The monoisotopic (exact) mass is 253 g/mol. The summed E-state index contributed by atoms with van der Waals surface area (Å²) in [4.78, 5) is 4.37. The molecule has 1 aliphatic carbocycles. The maximum atomic E-state index is 5.36. The van der Waals surface area contributed by atoms with Crippen LogP contribution in [0.1, 0.15) is 25.0 Å². The Morgan fingerprint density at radius 1 is 1.35 bits per heavy atom. The third-order valence-electron chi connectivity index (χ3n) is 3.18. The molecular formula is C13H19NO2S. The molecule has 0 amide bonds. The van der Waals surface area contributed by atoms with Gasteiger partial charge in [0.1, 0.15) is 0 Å². The zero-order valence-electron chi connectivity index (χ0n) is 10.4. The summed E-state index contributed by atoms with van der Waals surface area (Å²) in [6, 6.07) is 1.83. The fourth-order valence-corrected chi connectivity index (χ4v) is 3.12. The van der Waals surface area contributed by atoms with E-state index >= 15 is 0 Å². The number of nitrogens with zero attached hydrogens (tertiary/aromatic N) is 1. The van der Waals surface area contributed by atoms with Crippen LogP contribution in [0, 0.1) is 5.92 Å². The first-order valence-electron chi connectivity index (χ1n) is 5.98. The number of rotatable bonds is 6. The van der Waals surface area contributed by atoms with Gasteiger partial charge in [0.15, 0.2) is 11.5 Å². The van der Waals surface area contributed by atoms with Crippen LogP contribution in [0.25, 0.3) is 0 Å². The largest absolute Gasteiger partial charge is 0.493 e. The summed E-state index contributed by atoms with van der Waals surface area (Å²) in [5, 5.41) is 0. The highest BCUT2D eigenvalue weighted by Crippen LogP contribution is 2.34. The summed E-state index contributed by atoms with van der Waals surface area (Å²) in [7, 11) is 3.32. The molecule has 0 spiro atoms. The van der Waals surface area contributed by atoms with E-state index in [1.54, 1.807) is 20.4 Å². The second-order valence-corrected chi connectivity index (χ2v) is 5.34. The van der Waals surface area contributed by atoms with Crippen molar-refractivity contribution >= 4 is 11.8 Å². The van der Waals surface area contributed by atoms with Gasteiger partial charge in [0.2, 0.25) is 0 Å². The number of pyridine rings is 1. The van der Waals surface area contributed by atoms with Crippen LogP contribution < -0.4 is 9.47 Å². The minimum atomic E-state index is 0.766. The van der Waals surface area contributed by atoms with Crippen LogP contribution in [-0.4, -0.2) is 25.0 Å². The van der Waals surface area contributed by atoms with Gasteiger partial charge in [-0.1, -0.05) is 6.42 Å². The number of aromatic nitrogens is 1. The first-order chi connectivity index (χ1) is 8.35. The van der Waals surface area contributed by atoms with Crippen molar-refractivity contribution in [1.29, 1.82) is 0 Å². The lowest BCUT2D eigenvalue weighted by Gasteiger charge is -2.24. The minimum Gasteiger partial charge on any atom is -0.493 e. The highest BCUT2D eigenvalue weighted by Gasteiger charge is 2.18. The molecule has 94 valence electrons. The van der Waals surface area contributed by atoms with Crippen molar-refractivity contribution in [2.24, 2.45) is 5.92 Å². The van der Waals surface area contributed by atoms with E-state index in [1.807, 2.05) is 17.8 Å². The molecule has 0 N–H and O–H groups in total. The van der Waals surface area contributed by atoms with E-state index in [-0.39, 0.29) is 0 Å². The van der Waals surface area contributed by atoms with E-state index in [0.29, 0.717) is 0 Å². The Hall–Kier alpha value is -0.900. The summed E-state index contributed by atoms with van der Waals surface area (Å²) in [5.41, 5.74) is 0.983. The smallest absolute Gasteiger partial charge is 0.183 e. The standard InChI is InChI=1S/C13H19NO2S/c1-15-12-6-7-14-11(13(12)16-2)9-17-8-10-4-3-5-10/h6-7,10H,3-5,8-9H2,1-2H3. The van der Waals surface area contributed by atoms with Crippen LogP contribution >= 0.6 is 11.8 Å². The molecule has 3 nitrogen and oxygen atoms in total. The van der Waals surface area contributed by atoms with Gasteiger partial charge in [-0.25, -0.2) is 0 Å². The molecule has 17 heavy (non-hydrogen) atoms. The minimum absolute atomic E-state index is 0.766. The van der Waals surface area contributed by atoms with E-state index in [2.05, 4.69) is 4.98 Å². The van der Waals surface area contributed by atoms with E-state index in [0.717, 1.165) is 28.9 Å². The highest BCUT2D eigenvalue weighted by molar-refractivity contribution is 7.98. The molecule has 1 fully saturated rings. The van der Waals surface area contributed by atoms with Crippen molar-refractivity contribution in [2.75, 3.05) is 20.0 Å². The molecule has 0 radical (unpaired) electrons. The quantitative estimate of drug-likeness (QED) is 0.779. The molecule has 2 rings (SSSR count). The number of hydrogen-bond acceptors (Lipinski definition) is 4. The number of thioether (sulfide) groups is 1. The predicted molar refractivity (Wildman–Crippen MR) is 70.8 cm³/mol. The van der Waals surface area contributed by atoms with Crippen LogP contribution in [0.15, 0.2) is 12.3 Å². The zero-order valence-corrected chi connectivity index (χ0v) is 11.3. The normalized spacial score (nSPS) is 15.4. The molecule has 1 aliphatic rings. The second-order valence-electron chi connectivity index (χ2n) is 4.31. The Morgan fingerprint density at radius 3 is 2.76 bits per heavy atom. The number of hydrogen-bond donors (Lipinski definition) is 0. The van der Waals surface area contributed by atoms with Gasteiger partial charge in [-0.05, 0) is 24.5 Å². The van der Waals surface area contributed by atoms with Gasteiger partial charge in [-0.2, -0.15) is 11.8 Å². The summed E-state index contributed by atoms with van der Waals surface area (Å²) in [5.74, 6) is 4.60. The molecule has 1 aromatic rings. The van der Waals surface area contributed by atoms with Gasteiger partial charge in [-0.15, -0.1) is 0 Å². The molecule has 0 saturated heterocycles. The topological polar surface area (TPSA) is 31.4 Å². The molecule has 0 atom stereocenters. The van der Waals surface area contributed by atoms with Crippen molar-refractivity contribution in [2.45, 2.75) is 25.0 Å². The Kier molecular flexibility index (Phi) is 4.54. The number of methoxy groups -OCH3 is 2. The van der Waals surface area contributed by atoms with Crippen molar-refractivity contribution in [3.05, 3.63) is 18.0 Å². The van der Waals surface area contributed by atoms with Crippen LogP contribution in [0.5, 0.6) is 11.5 Å². The van der Waals surface area contributed by atoms with E-state index in [9.17, 15) is 0 Å². The Morgan fingerprint density at radius 2 is 2.18 bits per heavy atom. The van der Waals surface area contributed by atoms with E-state index in [4.69, 9.17) is 9.47 Å². The molecule has 1 aromatic heterocycles. The maximum Gasteiger partial charge on any atom is 0.183 e. The average molecular weight is 253 g/mol. The molecular weight excluding hydrogens is 234 g/mol. The summed E-state index contributed by atoms with van der Waals surface area (Å²) < 4.78 is 10.6. The molecule has 0 aliphatic heterocycles. The fourth-order valence-electron chi connectivity index (χ4n) is 1.94.